The molecule has 1 heteroatoms. The summed E-state index contributed by atoms with van der Waals surface area (Å²) in [7, 11) is 0. The molecular formula is C19H28O. The largest absolute Gasteiger partial charge is 0.299 e. The van der Waals surface area contributed by atoms with E-state index in [0.29, 0.717) is 17.1 Å². The molecule has 0 aliphatic heterocycles. The van der Waals surface area contributed by atoms with Gasteiger partial charge in [-0.2, -0.15) is 0 Å². The molecule has 0 saturated heterocycles. The van der Waals surface area contributed by atoms with Crippen LogP contribution in [0.5, 0.6) is 0 Å². The SMILES string of the molecule is C[C@@H]1C(=O)C[C@@H]2[C@H]1CC[C@H]1[C@H]2CC[C@H]2CC=CC[C@@]21C. The number of hydrogen-bond acceptors (Lipinski definition) is 1. The van der Waals surface area contributed by atoms with Gasteiger partial charge in [0.15, 0.2) is 0 Å². The van der Waals surface area contributed by atoms with Gasteiger partial charge in [0, 0.05) is 12.3 Å². The fourth-order valence-electron chi connectivity index (χ4n) is 6.56. The zero-order valence-corrected chi connectivity index (χ0v) is 13.0. The van der Waals surface area contributed by atoms with Crippen molar-refractivity contribution in [2.24, 2.45) is 40.9 Å². The molecule has 4 rings (SSSR count). The molecule has 0 radical (unpaired) electrons. The van der Waals surface area contributed by atoms with Crippen LogP contribution in [0.2, 0.25) is 0 Å². The molecule has 20 heavy (non-hydrogen) atoms. The average Bonchev–Trinajstić information content (AvgIpc) is 2.74. The second-order valence-electron chi connectivity index (χ2n) is 8.33. The first kappa shape index (κ1) is 13.1. The average molecular weight is 272 g/mol. The minimum atomic E-state index is 0.359. The normalized spacial score (nSPS) is 54.2. The number of allylic oxidation sites excluding steroid dienone is 2. The molecule has 3 fully saturated rings. The Kier molecular flexibility index (Phi) is 2.91. The maximum atomic E-state index is 12.2. The second kappa shape index (κ2) is 4.45. The van der Waals surface area contributed by atoms with E-state index in [4.69, 9.17) is 0 Å². The summed E-state index contributed by atoms with van der Waals surface area (Å²) < 4.78 is 0. The van der Waals surface area contributed by atoms with Gasteiger partial charge in [0.05, 0.1) is 0 Å². The van der Waals surface area contributed by atoms with E-state index in [-0.39, 0.29) is 0 Å². The molecule has 110 valence electrons. The fraction of sp³-hybridized carbons (Fsp3) is 0.842. The third kappa shape index (κ3) is 1.64. The molecule has 4 aliphatic rings. The van der Waals surface area contributed by atoms with Crippen LogP contribution in [-0.2, 0) is 4.79 Å². The van der Waals surface area contributed by atoms with Gasteiger partial charge in [0.2, 0.25) is 0 Å². The van der Waals surface area contributed by atoms with Crippen LogP contribution < -0.4 is 0 Å². The van der Waals surface area contributed by atoms with Crippen LogP contribution in [0, 0.1) is 40.9 Å². The van der Waals surface area contributed by atoms with Gasteiger partial charge in [-0.1, -0.05) is 26.0 Å². The fourth-order valence-corrected chi connectivity index (χ4v) is 6.56. The monoisotopic (exact) mass is 272 g/mol. The molecule has 7 atom stereocenters. The van der Waals surface area contributed by atoms with Crippen molar-refractivity contribution in [2.75, 3.05) is 0 Å². The molecule has 0 amide bonds. The number of carbonyl (C=O) groups is 1. The van der Waals surface area contributed by atoms with Crippen molar-refractivity contribution >= 4 is 5.78 Å². The lowest BCUT2D eigenvalue weighted by molar-refractivity contribution is -0.120. The zero-order valence-electron chi connectivity index (χ0n) is 13.0. The van der Waals surface area contributed by atoms with Crippen LogP contribution in [0.25, 0.3) is 0 Å². The summed E-state index contributed by atoms with van der Waals surface area (Å²) in [6.07, 6.45) is 13.9. The summed E-state index contributed by atoms with van der Waals surface area (Å²) in [5, 5.41) is 0. The third-order valence-corrected chi connectivity index (χ3v) is 7.79. The van der Waals surface area contributed by atoms with E-state index in [9.17, 15) is 4.79 Å². The Morgan fingerprint density at radius 2 is 1.85 bits per heavy atom. The van der Waals surface area contributed by atoms with Gasteiger partial charge >= 0.3 is 0 Å². The number of fused-ring (bicyclic) bond motifs is 5. The molecule has 0 aromatic carbocycles. The summed E-state index contributed by atoms with van der Waals surface area (Å²) in [5.74, 6) is 5.05. The first-order valence-corrected chi connectivity index (χ1v) is 8.79. The maximum absolute atomic E-state index is 12.2. The van der Waals surface area contributed by atoms with E-state index in [1.165, 1.54) is 38.5 Å². The molecule has 0 aromatic rings. The Labute approximate surface area is 123 Å². The highest BCUT2D eigenvalue weighted by Gasteiger charge is 2.56. The van der Waals surface area contributed by atoms with Crippen LogP contribution in [-0.4, -0.2) is 5.78 Å². The Morgan fingerprint density at radius 3 is 2.70 bits per heavy atom. The van der Waals surface area contributed by atoms with E-state index < -0.39 is 0 Å². The van der Waals surface area contributed by atoms with Crippen molar-refractivity contribution < 1.29 is 4.79 Å². The van der Waals surface area contributed by atoms with E-state index in [1.807, 2.05) is 0 Å². The molecule has 0 N–H and O–H groups in total. The van der Waals surface area contributed by atoms with Gasteiger partial charge in [-0.15, -0.1) is 0 Å². The summed E-state index contributed by atoms with van der Waals surface area (Å²) >= 11 is 0. The zero-order chi connectivity index (χ0) is 13.9. The molecular weight excluding hydrogens is 244 g/mol. The molecule has 0 spiro atoms. The first-order valence-electron chi connectivity index (χ1n) is 8.79. The highest BCUT2D eigenvalue weighted by atomic mass is 16.1. The van der Waals surface area contributed by atoms with Crippen molar-refractivity contribution in [3.05, 3.63) is 12.2 Å². The maximum Gasteiger partial charge on any atom is 0.136 e. The highest BCUT2D eigenvalue weighted by molar-refractivity contribution is 5.83. The quantitative estimate of drug-likeness (QED) is 0.588. The molecule has 4 aliphatic carbocycles. The molecule has 3 saturated carbocycles. The van der Waals surface area contributed by atoms with E-state index in [1.54, 1.807) is 0 Å². The third-order valence-electron chi connectivity index (χ3n) is 7.79. The van der Waals surface area contributed by atoms with Crippen LogP contribution in [0.4, 0.5) is 0 Å². The predicted molar refractivity (Wildman–Crippen MR) is 81.2 cm³/mol. The van der Waals surface area contributed by atoms with Crippen molar-refractivity contribution in [1.82, 2.24) is 0 Å². The van der Waals surface area contributed by atoms with Crippen LogP contribution in [0.3, 0.4) is 0 Å². The number of ketones is 1. The molecule has 1 nitrogen and oxygen atoms in total. The van der Waals surface area contributed by atoms with Crippen LogP contribution in [0.1, 0.15) is 58.8 Å². The summed E-state index contributed by atoms with van der Waals surface area (Å²) in [6, 6.07) is 0. The minimum absolute atomic E-state index is 0.359. The smallest absolute Gasteiger partial charge is 0.136 e. The van der Waals surface area contributed by atoms with E-state index in [2.05, 4.69) is 26.0 Å². The second-order valence-corrected chi connectivity index (χ2v) is 8.33. The minimum Gasteiger partial charge on any atom is -0.299 e. The topological polar surface area (TPSA) is 17.1 Å². The van der Waals surface area contributed by atoms with E-state index in [0.717, 1.165) is 36.0 Å². The summed E-state index contributed by atoms with van der Waals surface area (Å²) in [5.41, 5.74) is 0.539. The van der Waals surface area contributed by atoms with E-state index >= 15 is 0 Å². The number of hydrogen-bond donors (Lipinski definition) is 0. The lowest BCUT2D eigenvalue weighted by Gasteiger charge is -2.57. The van der Waals surface area contributed by atoms with Gasteiger partial charge < -0.3 is 0 Å². The standard InChI is InChI=1S/C19H28O/c1-12-14-8-9-17-15(16(14)11-18(12)20)7-6-13-5-3-4-10-19(13,17)2/h3-4,12-17H,5-11H2,1-2H3/t12-,13+,14-,15-,16+,17-,19-/m0/s1. The number of Topliss-reactive ketones (excluding diaryl/α,β-unsaturated/α-hetero) is 1. The van der Waals surface area contributed by atoms with Crippen molar-refractivity contribution in [3.63, 3.8) is 0 Å². The number of rotatable bonds is 0. The summed E-state index contributed by atoms with van der Waals surface area (Å²) in [6.45, 7) is 4.77. The van der Waals surface area contributed by atoms with Gasteiger partial charge in [-0.05, 0) is 73.5 Å². The van der Waals surface area contributed by atoms with Crippen LogP contribution >= 0.6 is 0 Å². The molecule has 0 unspecified atom stereocenters. The lowest BCUT2D eigenvalue weighted by atomic mass is 9.48. The predicted octanol–water partition coefficient (Wildman–Crippen LogP) is 4.62. The molecule has 0 bridgehead atoms. The number of carbonyl (C=O) groups excluding carboxylic acids is 1. The van der Waals surface area contributed by atoms with Gasteiger partial charge in [0.1, 0.15) is 5.78 Å². The van der Waals surface area contributed by atoms with Crippen molar-refractivity contribution in [1.29, 1.82) is 0 Å². The van der Waals surface area contributed by atoms with Crippen LogP contribution in [0.15, 0.2) is 12.2 Å². The van der Waals surface area contributed by atoms with Gasteiger partial charge in [-0.3, -0.25) is 4.79 Å². The van der Waals surface area contributed by atoms with Crippen molar-refractivity contribution in [3.8, 4) is 0 Å². The Hall–Kier alpha value is -0.590. The Morgan fingerprint density at radius 1 is 1.05 bits per heavy atom. The molecule has 0 heterocycles. The Balaban J connectivity index is 1.64. The molecule has 0 aromatic heterocycles. The van der Waals surface area contributed by atoms with Gasteiger partial charge in [-0.25, -0.2) is 0 Å². The summed E-state index contributed by atoms with van der Waals surface area (Å²) in [4.78, 5) is 12.2. The van der Waals surface area contributed by atoms with Crippen molar-refractivity contribution in [2.45, 2.75) is 58.8 Å². The lowest BCUT2D eigenvalue weighted by Crippen LogP contribution is -2.49. The first-order chi connectivity index (χ1) is 9.61. The Bertz CT molecular complexity index is 451. The highest BCUT2D eigenvalue weighted by Crippen LogP contribution is 2.62. The van der Waals surface area contributed by atoms with Gasteiger partial charge in [0.25, 0.3) is 0 Å².